The first kappa shape index (κ1) is 17.9. The Morgan fingerprint density at radius 1 is 1.24 bits per heavy atom. The van der Waals surface area contributed by atoms with E-state index in [1.54, 1.807) is 17.0 Å². The molecule has 3 unspecified atom stereocenters. The number of nitro groups is 1. The molecular formula is C17H23ClN4O3. The molecule has 8 heteroatoms. The lowest BCUT2D eigenvalue weighted by Gasteiger charge is -2.19. The summed E-state index contributed by atoms with van der Waals surface area (Å²) in [5.41, 5.74) is 6.98. The van der Waals surface area contributed by atoms with Gasteiger partial charge in [0.15, 0.2) is 0 Å². The van der Waals surface area contributed by atoms with Gasteiger partial charge in [-0.1, -0.05) is 0 Å². The van der Waals surface area contributed by atoms with Crippen molar-refractivity contribution in [1.82, 2.24) is 4.90 Å². The molecule has 0 radical (unpaired) electrons. The molecule has 2 aliphatic carbocycles. The Kier molecular flexibility index (Phi) is 4.88. The Morgan fingerprint density at radius 3 is 2.64 bits per heavy atom. The monoisotopic (exact) mass is 366 g/mol. The highest BCUT2D eigenvalue weighted by molar-refractivity contribution is 5.96. The van der Waals surface area contributed by atoms with Crippen molar-refractivity contribution in [1.29, 1.82) is 0 Å². The quantitative estimate of drug-likeness (QED) is 0.629. The fraction of sp³-hybridized carbons (Fsp3) is 0.588. The van der Waals surface area contributed by atoms with E-state index in [0.717, 1.165) is 25.7 Å². The average Bonchev–Trinajstić information content (AvgIpc) is 3.17. The zero-order valence-electron chi connectivity index (χ0n) is 13.9. The first-order valence-corrected chi connectivity index (χ1v) is 8.63. The zero-order valence-corrected chi connectivity index (χ0v) is 14.7. The number of carbonyl (C=O) groups excluding carboxylic acids is 1. The second-order valence-electron chi connectivity index (χ2n) is 7.28. The van der Waals surface area contributed by atoms with E-state index in [2.05, 4.69) is 5.32 Å². The molecule has 3 aliphatic rings. The SMILES string of the molecule is Cl.NC1CCC2CN(C(=O)c3ccc(NC4CC4)c([N+](=O)[O-])c3)CC12. The molecule has 1 saturated heterocycles. The number of nitrogens with two attached hydrogens (primary N) is 1. The van der Waals surface area contributed by atoms with Gasteiger partial charge in [0, 0.05) is 36.8 Å². The van der Waals surface area contributed by atoms with E-state index in [0.29, 0.717) is 42.2 Å². The fourth-order valence-electron chi connectivity index (χ4n) is 4.04. The third-order valence-corrected chi connectivity index (χ3v) is 5.58. The lowest BCUT2D eigenvalue weighted by atomic mass is 9.98. The summed E-state index contributed by atoms with van der Waals surface area (Å²) in [6.07, 6.45) is 4.17. The Morgan fingerprint density at radius 2 is 2.00 bits per heavy atom. The molecule has 3 N–H and O–H groups in total. The van der Waals surface area contributed by atoms with E-state index < -0.39 is 4.92 Å². The number of halogens is 1. The maximum absolute atomic E-state index is 12.7. The number of amides is 1. The van der Waals surface area contributed by atoms with Gasteiger partial charge in [-0.2, -0.15) is 0 Å². The summed E-state index contributed by atoms with van der Waals surface area (Å²) < 4.78 is 0. The first-order valence-electron chi connectivity index (χ1n) is 8.63. The highest BCUT2D eigenvalue weighted by Crippen LogP contribution is 2.38. The van der Waals surface area contributed by atoms with Crippen LogP contribution in [0.1, 0.15) is 36.0 Å². The van der Waals surface area contributed by atoms with Crippen LogP contribution in [0.2, 0.25) is 0 Å². The molecule has 1 aliphatic heterocycles. The third kappa shape index (κ3) is 3.43. The number of hydrogen-bond donors (Lipinski definition) is 2. The fourth-order valence-corrected chi connectivity index (χ4v) is 4.04. The number of nitrogens with zero attached hydrogens (tertiary/aromatic N) is 2. The second kappa shape index (κ2) is 6.80. The molecule has 0 spiro atoms. The molecule has 1 amide bonds. The minimum atomic E-state index is -0.421. The highest BCUT2D eigenvalue weighted by Gasteiger charge is 2.42. The summed E-state index contributed by atoms with van der Waals surface area (Å²) in [4.78, 5) is 25.5. The topological polar surface area (TPSA) is 102 Å². The van der Waals surface area contributed by atoms with Gasteiger partial charge < -0.3 is 16.0 Å². The molecule has 1 aromatic rings. The Bertz CT molecular complexity index is 694. The van der Waals surface area contributed by atoms with Gasteiger partial charge in [0.05, 0.1) is 4.92 Å². The van der Waals surface area contributed by atoms with Gasteiger partial charge in [0.1, 0.15) is 5.69 Å². The summed E-state index contributed by atoms with van der Waals surface area (Å²) in [5.74, 6) is 0.729. The highest BCUT2D eigenvalue weighted by atomic mass is 35.5. The van der Waals surface area contributed by atoms with Gasteiger partial charge in [-0.3, -0.25) is 14.9 Å². The van der Waals surface area contributed by atoms with Crippen LogP contribution < -0.4 is 11.1 Å². The van der Waals surface area contributed by atoms with Crippen molar-refractivity contribution in [2.45, 2.75) is 37.8 Å². The van der Waals surface area contributed by atoms with Crippen LogP contribution in [0.4, 0.5) is 11.4 Å². The van der Waals surface area contributed by atoms with Gasteiger partial charge >= 0.3 is 0 Å². The van der Waals surface area contributed by atoms with Gasteiger partial charge in [-0.25, -0.2) is 0 Å². The third-order valence-electron chi connectivity index (χ3n) is 5.58. The van der Waals surface area contributed by atoms with Crippen LogP contribution in [0.15, 0.2) is 18.2 Å². The predicted molar refractivity (Wildman–Crippen MR) is 97.1 cm³/mol. The number of likely N-dealkylation sites (tertiary alicyclic amines) is 1. The molecule has 4 rings (SSSR count). The van der Waals surface area contributed by atoms with Crippen molar-refractivity contribution >= 4 is 29.7 Å². The number of rotatable bonds is 4. The van der Waals surface area contributed by atoms with E-state index in [-0.39, 0.29) is 30.0 Å². The number of nitrogens with one attached hydrogen (secondary N) is 1. The zero-order chi connectivity index (χ0) is 16.8. The number of carbonyl (C=O) groups is 1. The molecule has 25 heavy (non-hydrogen) atoms. The van der Waals surface area contributed by atoms with Crippen molar-refractivity contribution in [3.63, 3.8) is 0 Å². The maximum atomic E-state index is 12.7. The standard InChI is InChI=1S/C17H22N4O3.ClH/c18-14-5-1-11-8-20(9-13(11)14)17(22)10-2-6-15(19-12-3-4-12)16(7-10)21(23)24;/h2,6-7,11-14,19H,1,3-5,8-9,18H2;1H. The lowest BCUT2D eigenvalue weighted by Crippen LogP contribution is -2.33. The van der Waals surface area contributed by atoms with Crippen molar-refractivity contribution in [3.8, 4) is 0 Å². The van der Waals surface area contributed by atoms with Crippen LogP contribution in [0.25, 0.3) is 0 Å². The Hall–Kier alpha value is -1.86. The normalized spacial score (nSPS) is 27.6. The van der Waals surface area contributed by atoms with Crippen molar-refractivity contribution in [3.05, 3.63) is 33.9 Å². The Balaban J connectivity index is 0.00000182. The molecule has 1 aromatic carbocycles. The number of hydrogen-bond acceptors (Lipinski definition) is 5. The van der Waals surface area contributed by atoms with Gasteiger partial charge in [-0.15, -0.1) is 12.4 Å². The summed E-state index contributed by atoms with van der Waals surface area (Å²) in [6.45, 7) is 1.38. The molecule has 3 atom stereocenters. The van der Waals surface area contributed by atoms with E-state index >= 15 is 0 Å². The van der Waals surface area contributed by atoms with Crippen molar-refractivity contribution in [2.24, 2.45) is 17.6 Å². The summed E-state index contributed by atoms with van der Waals surface area (Å²) >= 11 is 0. The number of nitro benzene ring substituents is 1. The number of anilines is 1. The smallest absolute Gasteiger partial charge is 0.293 e. The minimum absolute atomic E-state index is 0. The molecule has 2 saturated carbocycles. The summed E-state index contributed by atoms with van der Waals surface area (Å²) in [5, 5.41) is 14.5. The average molecular weight is 367 g/mol. The number of fused-ring (bicyclic) bond motifs is 1. The molecular weight excluding hydrogens is 344 g/mol. The van der Waals surface area contributed by atoms with Crippen LogP contribution in [0.5, 0.6) is 0 Å². The van der Waals surface area contributed by atoms with Crippen LogP contribution in [-0.2, 0) is 0 Å². The van der Waals surface area contributed by atoms with Crippen LogP contribution in [0.3, 0.4) is 0 Å². The number of benzene rings is 1. The summed E-state index contributed by atoms with van der Waals surface area (Å²) in [7, 11) is 0. The Labute approximate surface area is 152 Å². The van der Waals surface area contributed by atoms with Crippen LogP contribution >= 0.6 is 12.4 Å². The molecule has 0 bridgehead atoms. The molecule has 1 heterocycles. The van der Waals surface area contributed by atoms with E-state index in [1.807, 2.05) is 0 Å². The maximum Gasteiger partial charge on any atom is 0.293 e. The van der Waals surface area contributed by atoms with E-state index in [4.69, 9.17) is 5.73 Å². The minimum Gasteiger partial charge on any atom is -0.377 e. The molecule has 3 fully saturated rings. The van der Waals surface area contributed by atoms with Gasteiger partial charge in [-0.05, 0) is 49.7 Å². The van der Waals surface area contributed by atoms with Crippen molar-refractivity contribution < 1.29 is 9.72 Å². The van der Waals surface area contributed by atoms with E-state index in [9.17, 15) is 14.9 Å². The largest absolute Gasteiger partial charge is 0.377 e. The van der Waals surface area contributed by atoms with Crippen LogP contribution in [0, 0.1) is 22.0 Å². The molecule has 0 aromatic heterocycles. The lowest BCUT2D eigenvalue weighted by molar-refractivity contribution is -0.384. The van der Waals surface area contributed by atoms with E-state index in [1.165, 1.54) is 6.07 Å². The second-order valence-corrected chi connectivity index (χ2v) is 7.28. The van der Waals surface area contributed by atoms with Crippen LogP contribution in [-0.4, -0.2) is 40.9 Å². The predicted octanol–water partition coefficient (Wildman–Crippen LogP) is 2.40. The first-order chi connectivity index (χ1) is 11.5. The van der Waals surface area contributed by atoms with Gasteiger partial charge in [0.2, 0.25) is 0 Å². The molecule has 136 valence electrons. The molecule has 7 nitrogen and oxygen atoms in total. The summed E-state index contributed by atoms with van der Waals surface area (Å²) in [6, 6.07) is 5.25. The van der Waals surface area contributed by atoms with Gasteiger partial charge in [0.25, 0.3) is 11.6 Å². The van der Waals surface area contributed by atoms with Crippen molar-refractivity contribution in [2.75, 3.05) is 18.4 Å².